The van der Waals surface area contributed by atoms with Crippen LogP contribution < -0.4 is 15.0 Å². The van der Waals surface area contributed by atoms with Crippen molar-refractivity contribution in [1.82, 2.24) is 0 Å². The summed E-state index contributed by atoms with van der Waals surface area (Å²) in [5, 5.41) is 3.40. The Kier molecular flexibility index (Phi) is 5.02. The van der Waals surface area contributed by atoms with Crippen LogP contribution in [0.25, 0.3) is 0 Å². The molecule has 1 fully saturated rings. The van der Waals surface area contributed by atoms with E-state index < -0.39 is 17.5 Å². The minimum Gasteiger partial charge on any atom is -0.420 e. The standard InChI is InChI=1S/C17H12Cl2F2N2O3/c18-10-1-5-12(6-2-10)23-15(24)9-14(16(23)25)22-11-3-7-13(8-4-11)26-17(19,20)21/h1-8,14,22H,9H2/t14-/m0/s1. The summed E-state index contributed by atoms with van der Waals surface area (Å²) in [5.74, 6) is -0.895. The van der Waals surface area contributed by atoms with Crippen molar-refractivity contribution in [3.63, 3.8) is 0 Å². The van der Waals surface area contributed by atoms with Crippen molar-refractivity contribution in [2.45, 2.75) is 18.0 Å². The Labute approximate surface area is 157 Å². The summed E-state index contributed by atoms with van der Waals surface area (Å²) >= 11 is 10.5. The van der Waals surface area contributed by atoms with Crippen LogP contribution in [0.1, 0.15) is 6.42 Å². The zero-order chi connectivity index (χ0) is 18.9. The summed E-state index contributed by atoms with van der Waals surface area (Å²) in [7, 11) is 0. The normalized spacial score (nSPS) is 17.5. The Bertz CT molecular complexity index is 823. The number of benzene rings is 2. The molecule has 0 bridgehead atoms. The first kappa shape index (κ1) is 18.4. The molecule has 0 aliphatic carbocycles. The SMILES string of the molecule is O=C1C[C@H](Nc2ccc(OC(F)(F)Cl)cc2)C(=O)N1c1ccc(Cl)cc1. The van der Waals surface area contributed by atoms with Crippen LogP contribution in [-0.2, 0) is 9.59 Å². The molecule has 2 aromatic rings. The highest BCUT2D eigenvalue weighted by Crippen LogP contribution is 2.28. The maximum atomic E-state index is 12.6. The number of ether oxygens (including phenoxy) is 1. The van der Waals surface area contributed by atoms with E-state index in [0.29, 0.717) is 16.4 Å². The van der Waals surface area contributed by atoms with Crippen molar-refractivity contribution in [1.29, 1.82) is 0 Å². The van der Waals surface area contributed by atoms with E-state index in [4.69, 9.17) is 23.2 Å². The first-order chi connectivity index (χ1) is 12.2. The minimum atomic E-state index is -3.80. The Morgan fingerprint density at radius 2 is 1.69 bits per heavy atom. The number of carbonyl (C=O) groups is 2. The molecular formula is C17H12Cl2F2N2O3. The molecular weight excluding hydrogens is 389 g/mol. The molecule has 5 nitrogen and oxygen atoms in total. The Morgan fingerprint density at radius 1 is 1.08 bits per heavy atom. The van der Waals surface area contributed by atoms with Crippen LogP contribution in [0.2, 0.25) is 5.02 Å². The second-order valence-corrected chi connectivity index (χ2v) is 6.39. The molecule has 0 spiro atoms. The quantitative estimate of drug-likeness (QED) is 0.601. The highest BCUT2D eigenvalue weighted by Gasteiger charge is 2.39. The largest absolute Gasteiger partial charge is 0.487 e. The van der Waals surface area contributed by atoms with Crippen molar-refractivity contribution in [2.75, 3.05) is 10.2 Å². The van der Waals surface area contributed by atoms with Crippen LogP contribution in [0.15, 0.2) is 48.5 Å². The highest BCUT2D eigenvalue weighted by atomic mass is 35.5. The van der Waals surface area contributed by atoms with E-state index in [2.05, 4.69) is 10.1 Å². The lowest BCUT2D eigenvalue weighted by Gasteiger charge is -2.16. The van der Waals surface area contributed by atoms with E-state index in [1.54, 1.807) is 24.3 Å². The predicted octanol–water partition coefficient (Wildman–Crippen LogP) is 4.25. The van der Waals surface area contributed by atoms with E-state index in [1.807, 2.05) is 0 Å². The van der Waals surface area contributed by atoms with Crippen LogP contribution in [0, 0.1) is 0 Å². The van der Waals surface area contributed by atoms with Gasteiger partial charge in [0, 0.05) is 22.3 Å². The van der Waals surface area contributed by atoms with Gasteiger partial charge in [0.2, 0.25) is 5.91 Å². The third-order valence-corrected chi connectivity index (χ3v) is 3.99. The van der Waals surface area contributed by atoms with Crippen LogP contribution >= 0.6 is 23.2 Å². The van der Waals surface area contributed by atoms with Crippen molar-refractivity contribution >= 4 is 46.4 Å². The number of hydrogen-bond donors (Lipinski definition) is 1. The van der Waals surface area contributed by atoms with Gasteiger partial charge < -0.3 is 10.1 Å². The lowest BCUT2D eigenvalue weighted by atomic mass is 10.2. The number of amides is 2. The number of hydrogen-bond acceptors (Lipinski definition) is 4. The number of nitrogens with zero attached hydrogens (tertiary/aromatic N) is 1. The Balaban J connectivity index is 1.70. The van der Waals surface area contributed by atoms with Gasteiger partial charge >= 0.3 is 5.57 Å². The monoisotopic (exact) mass is 400 g/mol. The van der Waals surface area contributed by atoms with E-state index in [-0.39, 0.29) is 18.1 Å². The highest BCUT2D eigenvalue weighted by molar-refractivity contribution is 6.31. The zero-order valence-electron chi connectivity index (χ0n) is 13.1. The maximum Gasteiger partial charge on any atom is 0.487 e. The number of carbonyl (C=O) groups excluding carboxylic acids is 2. The minimum absolute atomic E-state index is 0.0283. The van der Waals surface area contributed by atoms with E-state index in [0.717, 1.165) is 4.90 Å². The molecule has 1 heterocycles. The smallest absolute Gasteiger partial charge is 0.420 e. The van der Waals surface area contributed by atoms with Crippen LogP contribution in [-0.4, -0.2) is 23.4 Å². The fraction of sp³-hybridized carbons (Fsp3) is 0.176. The van der Waals surface area contributed by atoms with Crippen LogP contribution in [0.3, 0.4) is 0 Å². The molecule has 3 rings (SSSR count). The van der Waals surface area contributed by atoms with E-state index in [9.17, 15) is 18.4 Å². The van der Waals surface area contributed by atoms with Gasteiger partial charge in [-0.05, 0) is 48.5 Å². The summed E-state index contributed by atoms with van der Waals surface area (Å²) in [6.45, 7) is 0. The fourth-order valence-corrected chi connectivity index (χ4v) is 2.78. The molecule has 26 heavy (non-hydrogen) atoms. The second kappa shape index (κ2) is 7.09. The molecule has 1 atom stereocenters. The van der Waals surface area contributed by atoms with Crippen LogP contribution in [0.5, 0.6) is 5.75 Å². The lowest BCUT2D eigenvalue weighted by Crippen LogP contribution is -2.34. The molecule has 136 valence electrons. The van der Waals surface area contributed by atoms with Gasteiger partial charge in [-0.1, -0.05) is 11.6 Å². The van der Waals surface area contributed by atoms with Crippen molar-refractivity contribution in [2.24, 2.45) is 0 Å². The molecule has 2 amide bonds. The molecule has 2 aromatic carbocycles. The van der Waals surface area contributed by atoms with Crippen molar-refractivity contribution in [3.8, 4) is 5.75 Å². The van der Waals surface area contributed by atoms with Gasteiger partial charge in [-0.25, -0.2) is 4.90 Å². The number of rotatable bonds is 5. The van der Waals surface area contributed by atoms with Gasteiger partial charge in [-0.15, -0.1) is 8.78 Å². The Morgan fingerprint density at radius 3 is 2.27 bits per heavy atom. The second-order valence-electron chi connectivity index (χ2n) is 5.52. The number of alkyl halides is 3. The number of anilines is 2. The van der Waals surface area contributed by atoms with E-state index >= 15 is 0 Å². The molecule has 1 N–H and O–H groups in total. The topological polar surface area (TPSA) is 58.6 Å². The molecule has 1 aliphatic heterocycles. The third-order valence-electron chi connectivity index (χ3n) is 3.66. The Hall–Kier alpha value is -2.38. The summed E-state index contributed by atoms with van der Waals surface area (Å²) in [5.41, 5.74) is -2.90. The zero-order valence-corrected chi connectivity index (χ0v) is 14.6. The summed E-state index contributed by atoms with van der Waals surface area (Å²) in [4.78, 5) is 25.8. The van der Waals surface area contributed by atoms with Crippen LogP contribution in [0.4, 0.5) is 20.2 Å². The molecule has 9 heteroatoms. The third kappa shape index (κ3) is 4.23. The maximum absolute atomic E-state index is 12.6. The summed E-state index contributed by atoms with van der Waals surface area (Å²) in [6.07, 6.45) is -0.0283. The molecule has 1 saturated heterocycles. The van der Waals surface area contributed by atoms with Gasteiger partial charge in [0.25, 0.3) is 5.91 Å². The van der Waals surface area contributed by atoms with Gasteiger partial charge in [-0.2, -0.15) is 0 Å². The number of nitrogens with one attached hydrogen (secondary N) is 1. The number of halogens is 4. The molecule has 0 saturated carbocycles. The molecule has 0 unspecified atom stereocenters. The lowest BCUT2D eigenvalue weighted by molar-refractivity contribution is -0.121. The van der Waals surface area contributed by atoms with E-state index in [1.165, 1.54) is 24.3 Å². The summed E-state index contributed by atoms with van der Waals surface area (Å²) < 4.78 is 29.4. The first-order valence-corrected chi connectivity index (χ1v) is 8.23. The predicted molar refractivity (Wildman–Crippen MR) is 93.8 cm³/mol. The van der Waals surface area contributed by atoms with Gasteiger partial charge in [0.15, 0.2) is 0 Å². The average molecular weight is 401 g/mol. The summed E-state index contributed by atoms with van der Waals surface area (Å²) in [6, 6.07) is 11.0. The van der Waals surface area contributed by atoms with Crippen molar-refractivity contribution < 1.29 is 23.1 Å². The van der Waals surface area contributed by atoms with Gasteiger partial charge in [0.05, 0.1) is 12.1 Å². The van der Waals surface area contributed by atoms with Gasteiger partial charge in [-0.3, -0.25) is 9.59 Å². The average Bonchev–Trinajstić information content (AvgIpc) is 2.83. The fourth-order valence-electron chi connectivity index (χ4n) is 2.56. The molecule has 0 radical (unpaired) electrons. The molecule has 0 aromatic heterocycles. The molecule has 1 aliphatic rings. The van der Waals surface area contributed by atoms with Gasteiger partial charge in [0.1, 0.15) is 11.8 Å². The van der Waals surface area contributed by atoms with Crippen molar-refractivity contribution in [3.05, 3.63) is 53.6 Å². The first-order valence-electron chi connectivity index (χ1n) is 7.48. The number of imide groups is 1.